The lowest BCUT2D eigenvalue weighted by Gasteiger charge is -2.53. The predicted octanol–water partition coefficient (Wildman–Crippen LogP) is 12.4. The maximum absolute atomic E-state index is 2.88. The Morgan fingerprint density at radius 2 is 1.28 bits per heavy atom. The zero-order valence-electron chi connectivity index (χ0n) is 33.7. The Hall–Kier alpha value is -4.76. The minimum atomic E-state index is -0.0369. The van der Waals surface area contributed by atoms with Crippen molar-refractivity contribution in [2.75, 3.05) is 9.71 Å². The molecule has 4 aliphatic rings. The summed E-state index contributed by atoms with van der Waals surface area (Å²) in [6.45, 7) is 21.7. The van der Waals surface area contributed by atoms with Crippen molar-refractivity contribution in [1.82, 2.24) is 0 Å². The van der Waals surface area contributed by atoms with Gasteiger partial charge in [0.1, 0.15) is 0 Å². The molecule has 3 heterocycles. The van der Waals surface area contributed by atoms with Crippen LogP contribution >= 0.6 is 0 Å². The summed E-state index contributed by atoms with van der Waals surface area (Å²) in [5.41, 5.74) is 19.4. The van der Waals surface area contributed by atoms with Crippen LogP contribution in [0.25, 0.3) is 33.0 Å². The van der Waals surface area contributed by atoms with Gasteiger partial charge in [-0.25, -0.2) is 0 Å². The molecular formula is C51H53BN2. The van der Waals surface area contributed by atoms with Gasteiger partial charge in [0.15, 0.2) is 0 Å². The Labute approximate surface area is 323 Å². The van der Waals surface area contributed by atoms with Crippen LogP contribution in [0.4, 0.5) is 22.7 Å². The summed E-state index contributed by atoms with van der Waals surface area (Å²) in [4.78, 5) is 5.60. The zero-order chi connectivity index (χ0) is 37.5. The summed E-state index contributed by atoms with van der Waals surface area (Å²) in [6, 6.07) is 42.8. The third-order valence-corrected chi connectivity index (χ3v) is 14.2. The summed E-state index contributed by atoms with van der Waals surface area (Å²) in [5, 5.41) is 2.57. The molecule has 0 aromatic heterocycles. The molecule has 0 bridgehead atoms. The van der Waals surface area contributed by atoms with Gasteiger partial charge in [0.25, 0.3) is 0 Å². The lowest BCUT2D eigenvalue weighted by Crippen LogP contribution is -2.64. The summed E-state index contributed by atoms with van der Waals surface area (Å²) in [5.74, 6) is 0. The Balaban J connectivity index is 1.37. The van der Waals surface area contributed by atoms with Gasteiger partial charge in [-0.05, 0) is 135 Å². The van der Waals surface area contributed by atoms with E-state index in [0.717, 1.165) is 0 Å². The van der Waals surface area contributed by atoms with E-state index in [-0.39, 0.29) is 28.6 Å². The number of fused-ring (bicyclic) bond motifs is 8. The van der Waals surface area contributed by atoms with Gasteiger partial charge in [0.05, 0.1) is 5.54 Å². The molecule has 1 fully saturated rings. The molecule has 2 nitrogen and oxygen atoms in total. The van der Waals surface area contributed by atoms with Gasteiger partial charge < -0.3 is 9.71 Å². The molecule has 6 aromatic rings. The Morgan fingerprint density at radius 1 is 0.611 bits per heavy atom. The van der Waals surface area contributed by atoms with Gasteiger partial charge in [-0.1, -0.05) is 134 Å². The van der Waals surface area contributed by atoms with Crippen molar-refractivity contribution in [2.45, 2.75) is 110 Å². The Kier molecular flexibility index (Phi) is 6.98. The Morgan fingerprint density at radius 3 is 1.98 bits per heavy atom. The molecule has 0 spiro atoms. The largest absolute Gasteiger partial charge is 0.376 e. The smallest absolute Gasteiger partial charge is 0.333 e. The number of nitrogens with zero attached hydrogens (tertiary/aromatic N) is 2. The van der Waals surface area contributed by atoms with Crippen LogP contribution in [-0.2, 0) is 16.2 Å². The van der Waals surface area contributed by atoms with Crippen molar-refractivity contribution in [3.05, 3.63) is 131 Å². The normalized spacial score (nSPS) is 21.2. The highest BCUT2D eigenvalue weighted by molar-refractivity contribution is 6.93. The molecule has 3 heteroatoms. The minimum absolute atomic E-state index is 0.0140. The van der Waals surface area contributed by atoms with Gasteiger partial charge in [-0.15, -0.1) is 0 Å². The van der Waals surface area contributed by atoms with Gasteiger partial charge in [0.2, 0.25) is 0 Å². The number of anilines is 4. The molecule has 0 N–H and O–H groups in total. The topological polar surface area (TPSA) is 6.48 Å². The van der Waals surface area contributed by atoms with E-state index in [1.54, 1.807) is 5.56 Å². The summed E-state index contributed by atoms with van der Waals surface area (Å²) < 4.78 is 0. The van der Waals surface area contributed by atoms with E-state index >= 15 is 0 Å². The molecule has 10 rings (SSSR count). The number of hydrogen-bond donors (Lipinski definition) is 0. The molecule has 1 aliphatic carbocycles. The fourth-order valence-electron chi connectivity index (χ4n) is 10.9. The SMILES string of the molecule is Cc1ccccc1-c1cc2c3c(c1)N1c4c(cc(C(C)(C)C)cc4C4(C)CCCCC14C)B3N(c1ccc(C(C)(C)C)cc1)c1cc3ccccc3cc1-2. The molecule has 0 saturated heterocycles. The first-order valence-corrected chi connectivity index (χ1v) is 20.4. The van der Waals surface area contributed by atoms with Crippen LogP contribution in [0.1, 0.15) is 103 Å². The number of rotatable bonds is 2. The van der Waals surface area contributed by atoms with Crippen molar-refractivity contribution in [2.24, 2.45) is 0 Å². The summed E-state index contributed by atoms with van der Waals surface area (Å²) >= 11 is 0. The molecule has 3 aliphatic heterocycles. The quantitative estimate of drug-likeness (QED) is 0.166. The van der Waals surface area contributed by atoms with E-state index in [9.17, 15) is 0 Å². The van der Waals surface area contributed by atoms with Crippen LogP contribution in [0, 0.1) is 6.92 Å². The van der Waals surface area contributed by atoms with Crippen molar-refractivity contribution in [1.29, 1.82) is 0 Å². The standard InChI is InChI=1S/C51H53BN2/c1-32-16-10-13-19-39(32)35-27-41-40-26-33-17-11-12-18-34(33)28-44(40)54(38-22-20-36(21-23-38)48(2,3)4)52-43-31-37(49(5,6)7)30-42-47(43)53(45(29-35)46(41)52)51(9)25-15-14-24-50(42,51)8/h10-13,16-23,26-31H,14-15,24-25H2,1-9H3. The van der Waals surface area contributed by atoms with E-state index in [1.165, 1.54) is 109 Å². The fourth-order valence-corrected chi connectivity index (χ4v) is 10.9. The van der Waals surface area contributed by atoms with Crippen LogP contribution in [0.5, 0.6) is 0 Å². The van der Waals surface area contributed by atoms with Crippen molar-refractivity contribution in [3.63, 3.8) is 0 Å². The number of benzene rings is 6. The molecule has 2 unspecified atom stereocenters. The van der Waals surface area contributed by atoms with E-state index in [1.807, 2.05) is 0 Å². The average Bonchev–Trinajstić information content (AvgIpc) is 3.35. The highest BCUT2D eigenvalue weighted by Crippen LogP contribution is 2.63. The van der Waals surface area contributed by atoms with E-state index < -0.39 is 0 Å². The van der Waals surface area contributed by atoms with Crippen LogP contribution in [0.3, 0.4) is 0 Å². The second-order valence-corrected chi connectivity index (χ2v) is 19.4. The molecule has 0 amide bonds. The lowest BCUT2D eigenvalue weighted by molar-refractivity contribution is 0.195. The average molecular weight is 705 g/mol. The number of hydrogen-bond acceptors (Lipinski definition) is 2. The third kappa shape index (κ3) is 4.54. The first kappa shape index (κ1) is 33.8. The Bertz CT molecular complexity index is 2530. The molecule has 0 radical (unpaired) electrons. The van der Waals surface area contributed by atoms with Crippen LogP contribution in [0.15, 0.2) is 109 Å². The minimum Gasteiger partial charge on any atom is -0.376 e. The molecule has 270 valence electrons. The van der Waals surface area contributed by atoms with Crippen molar-refractivity contribution >= 4 is 51.3 Å². The summed E-state index contributed by atoms with van der Waals surface area (Å²) in [7, 11) is 0. The molecular weight excluding hydrogens is 651 g/mol. The fraction of sp³-hybridized carbons (Fsp3) is 0.333. The maximum atomic E-state index is 2.88. The van der Waals surface area contributed by atoms with Crippen LogP contribution in [-0.4, -0.2) is 12.4 Å². The van der Waals surface area contributed by atoms with Gasteiger partial charge in [-0.3, -0.25) is 0 Å². The van der Waals surface area contributed by atoms with Crippen molar-refractivity contribution in [3.8, 4) is 22.3 Å². The second kappa shape index (κ2) is 11.2. The first-order chi connectivity index (χ1) is 25.7. The monoisotopic (exact) mass is 704 g/mol. The zero-order valence-corrected chi connectivity index (χ0v) is 33.7. The third-order valence-electron chi connectivity index (χ3n) is 14.2. The first-order valence-electron chi connectivity index (χ1n) is 20.4. The van der Waals surface area contributed by atoms with E-state index in [0.29, 0.717) is 0 Å². The number of aryl methyl sites for hydroxylation is 1. The van der Waals surface area contributed by atoms with Gasteiger partial charge in [0, 0.05) is 33.7 Å². The summed E-state index contributed by atoms with van der Waals surface area (Å²) in [6.07, 6.45) is 4.95. The highest BCUT2D eigenvalue weighted by atomic mass is 15.3. The molecule has 54 heavy (non-hydrogen) atoms. The predicted molar refractivity (Wildman–Crippen MR) is 233 cm³/mol. The van der Waals surface area contributed by atoms with Gasteiger partial charge >= 0.3 is 6.85 Å². The highest BCUT2D eigenvalue weighted by Gasteiger charge is 2.62. The lowest BCUT2D eigenvalue weighted by atomic mass is 9.43. The van der Waals surface area contributed by atoms with Crippen LogP contribution < -0.4 is 20.6 Å². The molecule has 1 saturated carbocycles. The van der Waals surface area contributed by atoms with Gasteiger partial charge in [-0.2, -0.15) is 0 Å². The van der Waals surface area contributed by atoms with Crippen LogP contribution in [0.2, 0.25) is 0 Å². The van der Waals surface area contributed by atoms with E-state index in [2.05, 4.69) is 181 Å². The van der Waals surface area contributed by atoms with E-state index in [4.69, 9.17) is 0 Å². The maximum Gasteiger partial charge on any atom is 0.333 e. The molecule has 2 atom stereocenters. The van der Waals surface area contributed by atoms with Crippen molar-refractivity contribution < 1.29 is 0 Å². The molecule has 6 aromatic carbocycles. The second-order valence-electron chi connectivity index (χ2n) is 19.4.